The van der Waals surface area contributed by atoms with Crippen molar-refractivity contribution in [3.63, 3.8) is 0 Å². The van der Waals surface area contributed by atoms with Gasteiger partial charge in [0.15, 0.2) is 5.76 Å². The lowest BCUT2D eigenvalue weighted by Crippen LogP contribution is -2.50. The predicted octanol–water partition coefficient (Wildman–Crippen LogP) is 2.45. The number of furan rings is 1. The van der Waals surface area contributed by atoms with Crippen molar-refractivity contribution < 1.29 is 18.4 Å². The molecule has 3 heterocycles. The average Bonchev–Trinajstić information content (AvgIpc) is 3.37. The summed E-state index contributed by atoms with van der Waals surface area (Å²) in [4.78, 5) is 30.4. The van der Waals surface area contributed by atoms with Crippen LogP contribution in [0.3, 0.4) is 0 Å². The Morgan fingerprint density at radius 2 is 1.89 bits per heavy atom. The molecule has 1 aromatic carbocycles. The molecule has 0 aliphatic carbocycles. The topological polar surface area (TPSA) is 57.0 Å². The third-order valence-electron chi connectivity index (χ3n) is 5.19. The minimum atomic E-state index is -0.273. The Morgan fingerprint density at radius 3 is 2.61 bits per heavy atom. The monoisotopic (exact) mass is 403 g/mol. The first-order chi connectivity index (χ1) is 13.6. The van der Waals surface area contributed by atoms with Gasteiger partial charge < -0.3 is 14.2 Å². The highest BCUT2D eigenvalue weighted by molar-refractivity contribution is 8.00. The van der Waals surface area contributed by atoms with Gasteiger partial charge in [-0.1, -0.05) is 18.2 Å². The zero-order valence-corrected chi connectivity index (χ0v) is 16.2. The standard InChI is InChI=1S/C20H22FN3O3S/c21-16-5-2-1-4-15(16)20-24(18(25)14-28-20)12-9-22-7-10-23(11-8-22)19(26)17-6-3-13-27-17/h1-6,13,20H,7-12,14H2/t20-/m1/s1. The minimum Gasteiger partial charge on any atom is -0.459 e. The first kappa shape index (κ1) is 19.0. The van der Waals surface area contributed by atoms with E-state index in [9.17, 15) is 14.0 Å². The minimum absolute atomic E-state index is 0.0462. The van der Waals surface area contributed by atoms with E-state index in [2.05, 4.69) is 4.90 Å². The van der Waals surface area contributed by atoms with Gasteiger partial charge >= 0.3 is 0 Å². The second-order valence-corrected chi connectivity index (χ2v) is 7.95. The number of hydrogen-bond acceptors (Lipinski definition) is 5. The zero-order valence-electron chi connectivity index (χ0n) is 15.4. The average molecular weight is 403 g/mol. The Morgan fingerprint density at radius 1 is 1.11 bits per heavy atom. The first-order valence-electron chi connectivity index (χ1n) is 9.34. The van der Waals surface area contributed by atoms with Gasteiger partial charge in [-0.15, -0.1) is 11.8 Å². The number of carbonyl (C=O) groups excluding carboxylic acids is 2. The number of halogens is 1. The molecule has 2 amide bonds. The maximum Gasteiger partial charge on any atom is 0.289 e. The van der Waals surface area contributed by atoms with Gasteiger partial charge in [0, 0.05) is 44.8 Å². The molecule has 2 aliphatic heterocycles. The van der Waals surface area contributed by atoms with E-state index >= 15 is 0 Å². The third-order valence-corrected chi connectivity index (χ3v) is 6.43. The summed E-state index contributed by atoms with van der Waals surface area (Å²) in [5, 5.41) is -0.268. The van der Waals surface area contributed by atoms with Crippen LogP contribution in [0.2, 0.25) is 0 Å². The molecule has 8 heteroatoms. The highest BCUT2D eigenvalue weighted by atomic mass is 32.2. The number of nitrogens with zero attached hydrogens (tertiary/aromatic N) is 3. The lowest BCUT2D eigenvalue weighted by atomic mass is 10.2. The number of thioether (sulfide) groups is 1. The Hall–Kier alpha value is -2.32. The molecule has 1 atom stereocenters. The molecule has 0 bridgehead atoms. The maximum atomic E-state index is 14.2. The number of hydrogen-bond donors (Lipinski definition) is 0. The summed E-state index contributed by atoms with van der Waals surface area (Å²) in [5.74, 6) is 0.427. The van der Waals surface area contributed by atoms with Crippen LogP contribution in [-0.2, 0) is 4.79 Å². The summed E-state index contributed by atoms with van der Waals surface area (Å²) in [6, 6.07) is 10.0. The van der Waals surface area contributed by atoms with Crippen molar-refractivity contribution in [3.05, 3.63) is 59.8 Å². The summed E-state index contributed by atoms with van der Waals surface area (Å²) < 4.78 is 19.3. The molecule has 1 aromatic heterocycles. The number of amides is 2. The SMILES string of the molecule is O=C(c1ccco1)N1CCN(CCN2C(=O)CS[C@@H]2c2ccccc2F)CC1. The van der Waals surface area contributed by atoms with Gasteiger partial charge in [-0.05, 0) is 18.2 Å². The molecule has 28 heavy (non-hydrogen) atoms. The van der Waals surface area contributed by atoms with E-state index in [1.54, 1.807) is 40.1 Å². The fourth-order valence-corrected chi connectivity index (χ4v) is 4.85. The quantitative estimate of drug-likeness (QED) is 0.768. The van der Waals surface area contributed by atoms with Crippen LogP contribution in [0.1, 0.15) is 21.5 Å². The van der Waals surface area contributed by atoms with Gasteiger partial charge in [-0.2, -0.15) is 0 Å². The predicted molar refractivity (Wildman–Crippen MR) is 104 cm³/mol. The molecule has 0 spiro atoms. The number of piperazine rings is 1. The van der Waals surface area contributed by atoms with Crippen molar-refractivity contribution in [3.8, 4) is 0 Å². The van der Waals surface area contributed by atoms with E-state index in [-0.39, 0.29) is 23.0 Å². The normalized spacial score (nSPS) is 20.8. The molecule has 2 aromatic rings. The second kappa shape index (κ2) is 8.36. The molecule has 4 rings (SSSR count). The summed E-state index contributed by atoms with van der Waals surface area (Å²) in [6.07, 6.45) is 1.50. The Labute approximate surface area is 167 Å². The molecule has 2 saturated heterocycles. The largest absolute Gasteiger partial charge is 0.459 e. The fourth-order valence-electron chi connectivity index (χ4n) is 3.61. The van der Waals surface area contributed by atoms with Crippen molar-refractivity contribution in [2.75, 3.05) is 45.0 Å². The molecular weight excluding hydrogens is 381 g/mol. The summed E-state index contributed by atoms with van der Waals surface area (Å²) in [6.45, 7) is 3.99. The van der Waals surface area contributed by atoms with E-state index in [1.807, 2.05) is 0 Å². The van der Waals surface area contributed by atoms with Gasteiger partial charge in [0.1, 0.15) is 11.2 Å². The van der Waals surface area contributed by atoms with Crippen molar-refractivity contribution in [1.29, 1.82) is 0 Å². The molecular formula is C20H22FN3O3S. The molecule has 0 N–H and O–H groups in total. The number of carbonyl (C=O) groups is 2. The zero-order chi connectivity index (χ0) is 19.5. The molecule has 148 valence electrons. The highest BCUT2D eigenvalue weighted by Gasteiger charge is 2.34. The number of benzene rings is 1. The van der Waals surface area contributed by atoms with Gasteiger partial charge in [-0.25, -0.2) is 4.39 Å². The van der Waals surface area contributed by atoms with Crippen LogP contribution in [-0.4, -0.2) is 71.5 Å². The van der Waals surface area contributed by atoms with E-state index in [1.165, 1.54) is 24.1 Å². The van der Waals surface area contributed by atoms with Crippen LogP contribution in [0.5, 0.6) is 0 Å². The molecule has 2 aliphatic rings. The van der Waals surface area contributed by atoms with Crippen LogP contribution >= 0.6 is 11.8 Å². The van der Waals surface area contributed by atoms with Crippen LogP contribution in [0.4, 0.5) is 4.39 Å². The van der Waals surface area contributed by atoms with Crippen LogP contribution < -0.4 is 0 Å². The van der Waals surface area contributed by atoms with Crippen LogP contribution in [0, 0.1) is 5.82 Å². The molecule has 6 nitrogen and oxygen atoms in total. The number of rotatable bonds is 5. The maximum absolute atomic E-state index is 14.2. The molecule has 0 radical (unpaired) electrons. The van der Waals surface area contributed by atoms with E-state index in [0.29, 0.717) is 43.3 Å². The van der Waals surface area contributed by atoms with Crippen LogP contribution in [0.25, 0.3) is 0 Å². The molecule has 0 saturated carbocycles. The van der Waals surface area contributed by atoms with Crippen molar-refractivity contribution in [1.82, 2.24) is 14.7 Å². The fraction of sp³-hybridized carbons (Fsp3) is 0.400. The van der Waals surface area contributed by atoms with Gasteiger partial charge in [0.05, 0.1) is 12.0 Å². The van der Waals surface area contributed by atoms with E-state index < -0.39 is 0 Å². The lowest BCUT2D eigenvalue weighted by molar-refractivity contribution is -0.128. The second-order valence-electron chi connectivity index (χ2n) is 6.88. The lowest BCUT2D eigenvalue weighted by Gasteiger charge is -2.35. The molecule has 0 unspecified atom stereocenters. The summed E-state index contributed by atoms with van der Waals surface area (Å²) in [5.41, 5.74) is 0.562. The van der Waals surface area contributed by atoms with Crippen LogP contribution in [0.15, 0.2) is 47.1 Å². The van der Waals surface area contributed by atoms with Gasteiger partial charge in [-0.3, -0.25) is 14.5 Å². The van der Waals surface area contributed by atoms with E-state index in [0.717, 1.165) is 13.1 Å². The summed E-state index contributed by atoms with van der Waals surface area (Å²) in [7, 11) is 0. The Bertz CT molecular complexity index is 837. The van der Waals surface area contributed by atoms with Gasteiger partial charge in [0.2, 0.25) is 5.91 Å². The first-order valence-corrected chi connectivity index (χ1v) is 10.4. The highest BCUT2D eigenvalue weighted by Crippen LogP contribution is 2.39. The Balaban J connectivity index is 1.31. The third kappa shape index (κ3) is 3.93. The van der Waals surface area contributed by atoms with Gasteiger partial charge in [0.25, 0.3) is 5.91 Å². The van der Waals surface area contributed by atoms with Crippen molar-refractivity contribution in [2.45, 2.75) is 5.37 Å². The Kier molecular flexibility index (Phi) is 5.68. The van der Waals surface area contributed by atoms with Crippen molar-refractivity contribution >= 4 is 23.6 Å². The molecule has 2 fully saturated rings. The summed E-state index contributed by atoms with van der Waals surface area (Å²) >= 11 is 1.47. The van der Waals surface area contributed by atoms with Crippen molar-refractivity contribution in [2.24, 2.45) is 0 Å². The van der Waals surface area contributed by atoms with E-state index in [4.69, 9.17) is 4.42 Å². The smallest absolute Gasteiger partial charge is 0.289 e.